The lowest BCUT2D eigenvalue weighted by Gasteiger charge is -2.17. The second-order valence-electron chi connectivity index (χ2n) is 4.93. The highest BCUT2D eigenvalue weighted by Crippen LogP contribution is 2.32. The average molecular weight is 281 g/mol. The number of rotatable bonds is 1. The van der Waals surface area contributed by atoms with Crippen LogP contribution in [-0.4, -0.2) is 35.5 Å². The summed E-state index contributed by atoms with van der Waals surface area (Å²) in [5, 5.41) is 3.46. The average Bonchev–Trinajstić information content (AvgIpc) is 2.77. The van der Waals surface area contributed by atoms with Crippen molar-refractivity contribution in [3.8, 4) is 11.5 Å². The summed E-state index contributed by atoms with van der Waals surface area (Å²) in [6.45, 7) is 2.32. The maximum Gasteiger partial charge on any atom is 0.161 e. The topological polar surface area (TPSA) is 47.6 Å². The molecule has 1 aromatic carbocycles. The highest BCUT2D eigenvalue weighted by atomic mass is 32.2. The first-order chi connectivity index (χ1) is 9.33. The molecule has 1 saturated heterocycles. The van der Waals surface area contributed by atoms with Crippen LogP contribution in [0.3, 0.4) is 0 Å². The lowest BCUT2D eigenvalue weighted by molar-refractivity contribution is 0.297. The summed E-state index contributed by atoms with van der Waals surface area (Å²) in [5.41, 5.74) is 1.14. The van der Waals surface area contributed by atoms with Gasteiger partial charge in [0.05, 0.1) is 13.2 Å². The Morgan fingerprint density at radius 1 is 1.16 bits per heavy atom. The molecule has 2 unspecified atom stereocenters. The number of hydrogen-bond donors (Lipinski definition) is 1. The molecule has 19 heavy (non-hydrogen) atoms. The van der Waals surface area contributed by atoms with Crippen LogP contribution in [0.5, 0.6) is 11.5 Å². The molecule has 1 aromatic rings. The molecule has 5 heteroatoms. The van der Waals surface area contributed by atoms with Crippen LogP contribution < -0.4 is 14.8 Å². The van der Waals surface area contributed by atoms with Gasteiger partial charge in [-0.05, 0) is 30.7 Å². The van der Waals surface area contributed by atoms with Crippen molar-refractivity contribution in [2.45, 2.75) is 18.9 Å². The fourth-order valence-corrected chi connectivity index (χ4v) is 3.76. The Kier molecular flexibility index (Phi) is 4.03. The normalized spacial score (nSPS) is 27.4. The molecule has 0 aliphatic carbocycles. The number of nitrogens with one attached hydrogen (secondary N) is 1. The molecular weight excluding hydrogens is 262 g/mol. The van der Waals surface area contributed by atoms with Crippen molar-refractivity contribution in [1.29, 1.82) is 0 Å². The number of fused-ring (bicyclic) bond motifs is 1. The van der Waals surface area contributed by atoms with Gasteiger partial charge in [-0.25, -0.2) is 0 Å². The zero-order valence-electron chi connectivity index (χ0n) is 10.9. The van der Waals surface area contributed by atoms with Crippen molar-refractivity contribution in [2.24, 2.45) is 0 Å². The number of benzene rings is 1. The van der Waals surface area contributed by atoms with Gasteiger partial charge in [-0.2, -0.15) is 0 Å². The standard InChI is InChI=1S/C14H19NO3S/c16-19-8-1-5-15-12(10-19)11-3-4-13-14(9-11)18-7-2-6-17-13/h3-4,9,12,15H,1-2,5-8,10H2. The lowest BCUT2D eigenvalue weighted by Crippen LogP contribution is -2.23. The van der Waals surface area contributed by atoms with E-state index in [0.717, 1.165) is 42.2 Å². The van der Waals surface area contributed by atoms with Gasteiger partial charge in [0, 0.05) is 34.8 Å². The molecule has 0 bridgehead atoms. The smallest absolute Gasteiger partial charge is 0.161 e. The zero-order chi connectivity index (χ0) is 13.1. The molecule has 104 valence electrons. The number of hydrogen-bond acceptors (Lipinski definition) is 4. The van der Waals surface area contributed by atoms with E-state index in [9.17, 15) is 4.21 Å². The third-order valence-corrected chi connectivity index (χ3v) is 4.92. The predicted octanol–water partition coefficient (Wildman–Crippen LogP) is 1.63. The highest BCUT2D eigenvalue weighted by molar-refractivity contribution is 7.85. The first kappa shape index (κ1) is 12.9. The van der Waals surface area contributed by atoms with Crippen LogP contribution in [0.4, 0.5) is 0 Å². The molecule has 1 N–H and O–H groups in total. The highest BCUT2D eigenvalue weighted by Gasteiger charge is 2.20. The molecule has 1 fully saturated rings. The van der Waals surface area contributed by atoms with E-state index in [2.05, 4.69) is 5.32 Å². The van der Waals surface area contributed by atoms with Crippen LogP contribution in [-0.2, 0) is 10.8 Å². The van der Waals surface area contributed by atoms with Gasteiger partial charge < -0.3 is 14.8 Å². The number of ether oxygens (including phenoxy) is 2. The van der Waals surface area contributed by atoms with E-state index < -0.39 is 10.8 Å². The molecule has 0 saturated carbocycles. The van der Waals surface area contributed by atoms with E-state index >= 15 is 0 Å². The summed E-state index contributed by atoms with van der Waals surface area (Å²) in [6.07, 6.45) is 1.89. The summed E-state index contributed by atoms with van der Waals surface area (Å²) in [7, 11) is -0.728. The molecule has 3 rings (SSSR count). The van der Waals surface area contributed by atoms with E-state index in [1.54, 1.807) is 0 Å². The molecule has 0 radical (unpaired) electrons. The largest absolute Gasteiger partial charge is 0.490 e. The van der Waals surface area contributed by atoms with E-state index in [4.69, 9.17) is 9.47 Å². The fraction of sp³-hybridized carbons (Fsp3) is 0.571. The minimum Gasteiger partial charge on any atom is -0.490 e. The molecule has 0 aromatic heterocycles. The van der Waals surface area contributed by atoms with Gasteiger partial charge in [-0.15, -0.1) is 0 Å². The Hall–Kier alpha value is -1.07. The van der Waals surface area contributed by atoms with Gasteiger partial charge in [0.15, 0.2) is 11.5 Å². The summed E-state index contributed by atoms with van der Waals surface area (Å²) in [6, 6.07) is 6.19. The first-order valence-electron chi connectivity index (χ1n) is 6.81. The van der Waals surface area contributed by atoms with Crippen LogP contribution in [0.25, 0.3) is 0 Å². The van der Waals surface area contributed by atoms with Crippen LogP contribution >= 0.6 is 0 Å². The molecule has 4 nitrogen and oxygen atoms in total. The van der Waals surface area contributed by atoms with E-state index in [0.29, 0.717) is 19.0 Å². The van der Waals surface area contributed by atoms with Crippen molar-refractivity contribution < 1.29 is 13.7 Å². The predicted molar refractivity (Wildman–Crippen MR) is 75.3 cm³/mol. The minimum absolute atomic E-state index is 0.153. The van der Waals surface area contributed by atoms with Crippen molar-refractivity contribution in [2.75, 3.05) is 31.3 Å². The summed E-state index contributed by atoms with van der Waals surface area (Å²) < 4.78 is 23.2. The summed E-state index contributed by atoms with van der Waals surface area (Å²) >= 11 is 0. The van der Waals surface area contributed by atoms with Gasteiger partial charge in [0.25, 0.3) is 0 Å². The fourth-order valence-electron chi connectivity index (χ4n) is 2.45. The van der Waals surface area contributed by atoms with Crippen LogP contribution in [0, 0.1) is 0 Å². The van der Waals surface area contributed by atoms with Crippen LogP contribution in [0.2, 0.25) is 0 Å². The maximum atomic E-state index is 11.8. The molecule has 2 aliphatic heterocycles. The van der Waals surface area contributed by atoms with Crippen molar-refractivity contribution in [3.05, 3.63) is 23.8 Å². The quantitative estimate of drug-likeness (QED) is 0.850. The van der Waals surface area contributed by atoms with E-state index in [-0.39, 0.29) is 6.04 Å². The summed E-state index contributed by atoms with van der Waals surface area (Å²) in [5.74, 6) is 3.11. The van der Waals surface area contributed by atoms with Gasteiger partial charge in [0.2, 0.25) is 0 Å². The molecule has 0 spiro atoms. The van der Waals surface area contributed by atoms with E-state index in [1.165, 1.54) is 0 Å². The Labute approximate surface area is 115 Å². The molecule has 0 amide bonds. The van der Waals surface area contributed by atoms with Crippen LogP contribution in [0.15, 0.2) is 18.2 Å². The second kappa shape index (κ2) is 5.92. The van der Waals surface area contributed by atoms with Gasteiger partial charge in [-0.1, -0.05) is 6.07 Å². The maximum absolute atomic E-state index is 11.8. The SMILES string of the molecule is O=S1CCCNC(c2ccc3c(c2)OCCCO3)C1. The molecular formula is C14H19NO3S. The van der Waals surface area contributed by atoms with Gasteiger partial charge >= 0.3 is 0 Å². The van der Waals surface area contributed by atoms with E-state index in [1.807, 2.05) is 18.2 Å². The summed E-state index contributed by atoms with van der Waals surface area (Å²) in [4.78, 5) is 0. The van der Waals surface area contributed by atoms with Crippen LogP contribution in [0.1, 0.15) is 24.4 Å². The zero-order valence-corrected chi connectivity index (χ0v) is 11.7. The third-order valence-electron chi connectivity index (χ3n) is 3.47. The Morgan fingerprint density at radius 2 is 2.00 bits per heavy atom. The lowest BCUT2D eigenvalue weighted by atomic mass is 10.1. The van der Waals surface area contributed by atoms with Crippen molar-refractivity contribution >= 4 is 10.8 Å². The first-order valence-corrected chi connectivity index (χ1v) is 8.29. The minimum atomic E-state index is -0.728. The van der Waals surface area contributed by atoms with Gasteiger partial charge in [-0.3, -0.25) is 4.21 Å². The monoisotopic (exact) mass is 281 g/mol. The molecule has 2 aliphatic rings. The Balaban J connectivity index is 1.84. The molecule has 2 atom stereocenters. The molecule has 2 heterocycles. The Bertz CT molecular complexity index is 478. The van der Waals surface area contributed by atoms with Crippen molar-refractivity contribution in [1.82, 2.24) is 5.32 Å². The van der Waals surface area contributed by atoms with Gasteiger partial charge in [0.1, 0.15) is 0 Å². The third kappa shape index (κ3) is 3.09. The van der Waals surface area contributed by atoms with Crippen molar-refractivity contribution in [3.63, 3.8) is 0 Å². The second-order valence-corrected chi connectivity index (χ2v) is 6.55. The Morgan fingerprint density at radius 3 is 2.89 bits per heavy atom.